The maximum atomic E-state index is 12.0. The predicted octanol–water partition coefficient (Wildman–Crippen LogP) is 4.72. The van der Waals surface area contributed by atoms with Crippen molar-refractivity contribution in [3.63, 3.8) is 0 Å². The number of ether oxygens (including phenoxy) is 1. The first-order chi connectivity index (χ1) is 13.6. The fourth-order valence-corrected chi connectivity index (χ4v) is 2.66. The summed E-state index contributed by atoms with van der Waals surface area (Å²) in [7, 11) is 0. The molecule has 5 nitrogen and oxygen atoms in total. The lowest BCUT2D eigenvalue weighted by Crippen LogP contribution is -2.20. The van der Waals surface area contributed by atoms with Crippen LogP contribution in [0.2, 0.25) is 5.02 Å². The highest BCUT2D eigenvalue weighted by Crippen LogP contribution is 2.13. The summed E-state index contributed by atoms with van der Waals surface area (Å²) in [6, 6.07) is 19.0. The Hall–Kier alpha value is -3.05. The third kappa shape index (κ3) is 6.28. The molecule has 2 aromatic carbocycles. The molecule has 3 rings (SSSR count). The Morgan fingerprint density at radius 1 is 1.04 bits per heavy atom. The van der Waals surface area contributed by atoms with Gasteiger partial charge in [0.2, 0.25) is 0 Å². The molecule has 1 heterocycles. The van der Waals surface area contributed by atoms with E-state index in [1.807, 2.05) is 61.5 Å². The first kappa shape index (κ1) is 19.7. The van der Waals surface area contributed by atoms with Crippen LogP contribution in [-0.2, 0) is 11.2 Å². The van der Waals surface area contributed by atoms with Crippen molar-refractivity contribution in [3.05, 3.63) is 83.0 Å². The molecule has 1 amide bonds. The Balaban J connectivity index is 1.41. The molecule has 0 spiro atoms. The lowest BCUT2D eigenvalue weighted by Gasteiger charge is -2.09. The highest BCUT2D eigenvalue weighted by Gasteiger charge is 2.04. The summed E-state index contributed by atoms with van der Waals surface area (Å²) < 4.78 is 5.47. The Bertz CT molecular complexity index is 895. The van der Waals surface area contributed by atoms with Crippen molar-refractivity contribution in [3.8, 4) is 5.75 Å². The Morgan fingerprint density at radius 2 is 1.79 bits per heavy atom. The van der Waals surface area contributed by atoms with Gasteiger partial charge in [-0.25, -0.2) is 4.98 Å². The number of hydrogen-bond donors (Lipinski definition) is 2. The molecule has 6 heteroatoms. The van der Waals surface area contributed by atoms with Crippen LogP contribution in [0.3, 0.4) is 0 Å². The number of nitrogens with zero attached hydrogens (tertiary/aromatic N) is 1. The van der Waals surface area contributed by atoms with E-state index in [0.717, 1.165) is 29.4 Å². The van der Waals surface area contributed by atoms with Crippen molar-refractivity contribution in [1.82, 2.24) is 4.98 Å². The summed E-state index contributed by atoms with van der Waals surface area (Å²) in [6.07, 6.45) is 2.49. The molecule has 0 aliphatic heterocycles. The second-order valence-corrected chi connectivity index (χ2v) is 6.82. The van der Waals surface area contributed by atoms with E-state index in [9.17, 15) is 4.79 Å². The van der Waals surface area contributed by atoms with Crippen molar-refractivity contribution >= 4 is 29.0 Å². The molecule has 0 aliphatic carbocycles. The minimum atomic E-state index is -0.231. The summed E-state index contributed by atoms with van der Waals surface area (Å²) in [5.41, 5.74) is 2.97. The second kappa shape index (κ2) is 9.76. The van der Waals surface area contributed by atoms with E-state index >= 15 is 0 Å². The van der Waals surface area contributed by atoms with Crippen molar-refractivity contribution < 1.29 is 9.53 Å². The zero-order valence-corrected chi connectivity index (χ0v) is 16.4. The Labute approximate surface area is 169 Å². The minimum absolute atomic E-state index is 0.0514. The van der Waals surface area contributed by atoms with Crippen molar-refractivity contribution in [2.45, 2.75) is 13.3 Å². The van der Waals surface area contributed by atoms with Gasteiger partial charge in [-0.05, 0) is 55.3 Å². The molecule has 2 N–H and O–H groups in total. The molecule has 0 saturated carbocycles. The Morgan fingerprint density at radius 3 is 2.46 bits per heavy atom. The number of carbonyl (C=O) groups is 1. The number of carbonyl (C=O) groups excluding carboxylic acids is 1. The van der Waals surface area contributed by atoms with Crippen LogP contribution >= 0.6 is 11.6 Å². The molecule has 0 saturated heterocycles. The average molecular weight is 396 g/mol. The highest BCUT2D eigenvalue weighted by molar-refractivity contribution is 6.30. The van der Waals surface area contributed by atoms with Gasteiger partial charge in [-0.3, -0.25) is 4.79 Å². The van der Waals surface area contributed by atoms with E-state index in [1.54, 1.807) is 12.3 Å². The number of anilines is 2. The molecule has 0 atom stereocenters. The summed E-state index contributed by atoms with van der Waals surface area (Å²) >= 11 is 5.89. The van der Waals surface area contributed by atoms with Crippen LogP contribution in [0.4, 0.5) is 11.5 Å². The van der Waals surface area contributed by atoms with Crippen molar-refractivity contribution in [1.29, 1.82) is 0 Å². The van der Waals surface area contributed by atoms with Gasteiger partial charge in [0, 0.05) is 11.6 Å². The molecule has 28 heavy (non-hydrogen) atoms. The SMILES string of the molecule is Cc1ccc(OCC(=O)Nc2ccc(NCCc3ccc(Cl)cc3)nc2)cc1. The molecule has 0 radical (unpaired) electrons. The number of aromatic nitrogens is 1. The largest absolute Gasteiger partial charge is 0.484 e. The number of benzene rings is 2. The quantitative estimate of drug-likeness (QED) is 0.579. The van der Waals surface area contributed by atoms with Gasteiger partial charge in [0.25, 0.3) is 5.91 Å². The summed E-state index contributed by atoms with van der Waals surface area (Å²) in [6.45, 7) is 2.70. The number of amides is 1. The van der Waals surface area contributed by atoms with Gasteiger partial charge in [0.1, 0.15) is 11.6 Å². The van der Waals surface area contributed by atoms with Crippen molar-refractivity contribution in [2.24, 2.45) is 0 Å². The molecule has 0 aliphatic rings. The second-order valence-electron chi connectivity index (χ2n) is 6.39. The molecule has 0 fully saturated rings. The van der Waals surface area contributed by atoms with E-state index in [4.69, 9.17) is 16.3 Å². The van der Waals surface area contributed by atoms with Gasteiger partial charge in [0.05, 0.1) is 11.9 Å². The number of aryl methyl sites for hydroxylation is 1. The lowest BCUT2D eigenvalue weighted by atomic mass is 10.1. The van der Waals surface area contributed by atoms with Gasteiger partial charge in [0.15, 0.2) is 6.61 Å². The van der Waals surface area contributed by atoms with E-state index in [0.29, 0.717) is 11.4 Å². The fourth-order valence-electron chi connectivity index (χ4n) is 2.54. The number of pyridine rings is 1. The monoisotopic (exact) mass is 395 g/mol. The third-order valence-electron chi connectivity index (χ3n) is 4.07. The average Bonchev–Trinajstić information content (AvgIpc) is 2.70. The van der Waals surface area contributed by atoms with Crippen LogP contribution in [0, 0.1) is 6.92 Å². The van der Waals surface area contributed by atoms with Crippen LogP contribution in [0.25, 0.3) is 0 Å². The molecule has 144 valence electrons. The van der Waals surface area contributed by atoms with Crippen molar-refractivity contribution in [2.75, 3.05) is 23.8 Å². The highest BCUT2D eigenvalue weighted by atomic mass is 35.5. The molecule has 1 aromatic heterocycles. The van der Waals surface area contributed by atoms with Crippen LogP contribution in [0.5, 0.6) is 5.75 Å². The molecule has 0 bridgehead atoms. The van der Waals surface area contributed by atoms with Crippen LogP contribution < -0.4 is 15.4 Å². The van der Waals surface area contributed by atoms with Gasteiger partial charge in [-0.2, -0.15) is 0 Å². The van der Waals surface area contributed by atoms with E-state index in [2.05, 4.69) is 15.6 Å². The van der Waals surface area contributed by atoms with Gasteiger partial charge >= 0.3 is 0 Å². The predicted molar refractivity (Wildman–Crippen MR) is 113 cm³/mol. The summed E-state index contributed by atoms with van der Waals surface area (Å²) in [5, 5.41) is 6.77. The first-order valence-corrected chi connectivity index (χ1v) is 9.40. The van der Waals surface area contributed by atoms with Crippen LogP contribution in [-0.4, -0.2) is 24.0 Å². The maximum absolute atomic E-state index is 12.0. The van der Waals surface area contributed by atoms with E-state index in [-0.39, 0.29) is 12.5 Å². The minimum Gasteiger partial charge on any atom is -0.484 e. The lowest BCUT2D eigenvalue weighted by molar-refractivity contribution is -0.118. The third-order valence-corrected chi connectivity index (χ3v) is 4.32. The fraction of sp³-hybridized carbons (Fsp3) is 0.182. The zero-order valence-electron chi connectivity index (χ0n) is 15.6. The van der Waals surface area contributed by atoms with E-state index in [1.165, 1.54) is 5.56 Å². The number of rotatable bonds is 8. The smallest absolute Gasteiger partial charge is 0.262 e. The van der Waals surface area contributed by atoms with Gasteiger partial charge in [-0.15, -0.1) is 0 Å². The number of halogens is 1. The van der Waals surface area contributed by atoms with Crippen LogP contribution in [0.1, 0.15) is 11.1 Å². The molecular formula is C22H22ClN3O2. The van der Waals surface area contributed by atoms with Crippen LogP contribution in [0.15, 0.2) is 66.9 Å². The first-order valence-electron chi connectivity index (χ1n) is 9.02. The molecule has 0 unspecified atom stereocenters. The number of hydrogen-bond acceptors (Lipinski definition) is 4. The van der Waals surface area contributed by atoms with Gasteiger partial charge < -0.3 is 15.4 Å². The molecule has 3 aromatic rings. The topological polar surface area (TPSA) is 63.2 Å². The van der Waals surface area contributed by atoms with Gasteiger partial charge in [-0.1, -0.05) is 41.4 Å². The summed E-state index contributed by atoms with van der Waals surface area (Å²) in [5.74, 6) is 1.19. The van der Waals surface area contributed by atoms with E-state index < -0.39 is 0 Å². The molecular weight excluding hydrogens is 374 g/mol. The number of nitrogens with one attached hydrogen (secondary N) is 2. The maximum Gasteiger partial charge on any atom is 0.262 e. The normalized spacial score (nSPS) is 10.4. The zero-order chi connectivity index (χ0) is 19.8. The Kier molecular flexibility index (Phi) is 6.87. The standard InChI is InChI=1S/C22H22ClN3O2/c1-16-2-9-20(10-3-16)28-15-22(27)26-19-8-11-21(25-14-19)24-13-12-17-4-6-18(23)7-5-17/h2-11,14H,12-13,15H2,1H3,(H,24,25)(H,26,27). The summed E-state index contributed by atoms with van der Waals surface area (Å²) in [4.78, 5) is 16.3.